The smallest absolute Gasteiger partial charge is 0.464 e. The highest BCUT2D eigenvalue weighted by Gasteiger charge is 2.25. The van der Waals surface area contributed by atoms with Crippen molar-refractivity contribution in [2.45, 2.75) is 46.3 Å². The molecule has 14 nitrogen and oxygen atoms in total. The van der Waals surface area contributed by atoms with E-state index in [1.165, 1.54) is 6.92 Å². The molecule has 1 saturated heterocycles. The minimum Gasteiger partial charge on any atom is -0.464 e. The summed E-state index contributed by atoms with van der Waals surface area (Å²) in [5.74, 6) is -2.68. The van der Waals surface area contributed by atoms with E-state index in [1.54, 1.807) is 13.8 Å². The van der Waals surface area contributed by atoms with Crippen LogP contribution in [-0.4, -0.2) is 86.3 Å². The van der Waals surface area contributed by atoms with Crippen LogP contribution in [0.4, 0.5) is 9.59 Å². The first-order valence-electron chi connectivity index (χ1n) is 12.1. The number of ether oxygens (including phenoxy) is 5. The number of thioether (sulfide) groups is 1. The number of morpholine rings is 1. The van der Waals surface area contributed by atoms with E-state index < -0.39 is 47.9 Å². The van der Waals surface area contributed by atoms with E-state index in [1.807, 2.05) is 0 Å². The van der Waals surface area contributed by atoms with Gasteiger partial charge in [0.2, 0.25) is 6.79 Å². The number of hydrogen-bond donors (Lipinski definition) is 1. The zero-order valence-corrected chi connectivity index (χ0v) is 22.5. The van der Waals surface area contributed by atoms with Gasteiger partial charge in [-0.1, -0.05) is 13.8 Å². The fourth-order valence-corrected chi connectivity index (χ4v) is 3.68. The van der Waals surface area contributed by atoms with Crippen LogP contribution in [0.1, 0.15) is 38.2 Å². The lowest BCUT2D eigenvalue weighted by Gasteiger charge is -2.26. The van der Waals surface area contributed by atoms with Gasteiger partial charge in [0.05, 0.1) is 25.7 Å². The summed E-state index contributed by atoms with van der Waals surface area (Å²) in [7, 11) is 0. The summed E-state index contributed by atoms with van der Waals surface area (Å²) in [6, 6.07) is -1.26. The maximum Gasteiger partial charge on any atom is 0.519 e. The number of esters is 2. The Morgan fingerprint density at radius 3 is 2.39 bits per heavy atom. The van der Waals surface area contributed by atoms with Crippen molar-refractivity contribution in [2.75, 3.05) is 52.0 Å². The fourth-order valence-electron chi connectivity index (χ4n) is 3.02. The van der Waals surface area contributed by atoms with Crippen molar-refractivity contribution in [3.8, 4) is 0 Å². The molecular formula is C23H34N2O12S. The number of nitrogens with one attached hydrogen (secondary N) is 1. The second-order valence-corrected chi connectivity index (χ2v) is 9.43. The Hall–Kier alpha value is -3.04. The van der Waals surface area contributed by atoms with Crippen molar-refractivity contribution in [2.24, 2.45) is 5.92 Å². The quantitative estimate of drug-likeness (QED) is 0.150. The van der Waals surface area contributed by atoms with Gasteiger partial charge >= 0.3 is 29.2 Å². The Balaban J connectivity index is 1.80. The van der Waals surface area contributed by atoms with Gasteiger partial charge < -0.3 is 37.8 Å². The zero-order valence-electron chi connectivity index (χ0n) is 21.7. The summed E-state index contributed by atoms with van der Waals surface area (Å²) in [6.07, 6.45) is 0.371. The van der Waals surface area contributed by atoms with Gasteiger partial charge in [0, 0.05) is 18.8 Å². The highest BCUT2D eigenvalue weighted by Crippen LogP contribution is 2.13. The van der Waals surface area contributed by atoms with Gasteiger partial charge in [-0.2, -0.15) is 0 Å². The van der Waals surface area contributed by atoms with Gasteiger partial charge in [0.1, 0.15) is 6.04 Å². The molecule has 1 aromatic rings. The van der Waals surface area contributed by atoms with Crippen LogP contribution in [0.5, 0.6) is 0 Å². The largest absolute Gasteiger partial charge is 0.519 e. The van der Waals surface area contributed by atoms with Crippen molar-refractivity contribution >= 4 is 35.1 Å². The van der Waals surface area contributed by atoms with Crippen molar-refractivity contribution in [3.63, 3.8) is 0 Å². The molecule has 1 atom stereocenters. The monoisotopic (exact) mass is 562 g/mol. The molecule has 0 unspecified atom stereocenters. The van der Waals surface area contributed by atoms with Crippen LogP contribution in [0.15, 0.2) is 13.6 Å². The second-order valence-electron chi connectivity index (χ2n) is 8.48. The molecule has 1 N–H and O–H groups in total. The lowest BCUT2D eigenvalue weighted by molar-refractivity contribution is -0.156. The summed E-state index contributed by atoms with van der Waals surface area (Å²) in [6.45, 7) is 7.81. The number of alkyl carbamates (subject to hydrolysis) is 1. The van der Waals surface area contributed by atoms with Crippen LogP contribution in [0.25, 0.3) is 0 Å². The standard InChI is InChI=1S/C23H34N2O12S/c1-15(2)19(26)34-14-35-21(28)24-17(13-38-23(30)33-12-18-16(3)36-22(29)37-18)20(27)32-9-5-4-6-25-7-10-31-11-8-25/h15,17H,4-14H2,1-3H3,(H,24,28)/t17-/m0/s1. The van der Waals surface area contributed by atoms with Gasteiger partial charge in [-0.3, -0.25) is 9.69 Å². The molecule has 2 heterocycles. The Morgan fingerprint density at radius 2 is 1.74 bits per heavy atom. The molecule has 214 valence electrons. The SMILES string of the molecule is Cc1oc(=O)oc1COC(=O)SC[C@H](NC(=O)OCOC(=O)C(C)C)C(=O)OCCCCN1CCOCC1. The third kappa shape index (κ3) is 12.0. The Bertz CT molecular complexity index is 970. The van der Waals surface area contributed by atoms with Crippen LogP contribution in [0.3, 0.4) is 0 Å². The summed E-state index contributed by atoms with van der Waals surface area (Å²) in [4.78, 5) is 61.7. The van der Waals surface area contributed by atoms with Crippen molar-refractivity contribution < 1.29 is 51.7 Å². The normalized spacial score (nSPS) is 14.5. The number of hydrogen-bond acceptors (Lipinski definition) is 14. The highest BCUT2D eigenvalue weighted by molar-refractivity contribution is 8.13. The number of aryl methyl sites for hydroxylation is 1. The average Bonchev–Trinajstić information content (AvgIpc) is 3.21. The summed E-state index contributed by atoms with van der Waals surface area (Å²) in [5, 5.41) is 1.51. The van der Waals surface area contributed by atoms with E-state index in [-0.39, 0.29) is 30.5 Å². The first-order chi connectivity index (χ1) is 18.2. The van der Waals surface area contributed by atoms with Gasteiger partial charge in [0.15, 0.2) is 18.1 Å². The Morgan fingerprint density at radius 1 is 1.00 bits per heavy atom. The van der Waals surface area contributed by atoms with Crippen molar-refractivity contribution in [1.82, 2.24) is 10.2 Å². The maximum atomic E-state index is 12.6. The molecule has 15 heteroatoms. The van der Waals surface area contributed by atoms with Crippen LogP contribution < -0.4 is 11.1 Å². The summed E-state index contributed by atoms with van der Waals surface area (Å²) in [5.41, 5.74) is 0. The molecular weight excluding hydrogens is 528 g/mol. The van der Waals surface area contributed by atoms with Crippen molar-refractivity contribution in [3.05, 3.63) is 22.1 Å². The van der Waals surface area contributed by atoms with E-state index in [0.29, 0.717) is 31.4 Å². The van der Waals surface area contributed by atoms with Gasteiger partial charge in [0.25, 0.3) is 0 Å². The molecule has 0 spiro atoms. The van der Waals surface area contributed by atoms with Gasteiger partial charge in [-0.05, 0) is 38.1 Å². The van der Waals surface area contributed by atoms with Crippen molar-refractivity contribution in [1.29, 1.82) is 0 Å². The number of carbonyl (C=O) groups is 4. The molecule has 0 aliphatic carbocycles. The first kappa shape index (κ1) is 31.2. The van der Waals surface area contributed by atoms with E-state index in [9.17, 15) is 24.0 Å². The number of nitrogens with zero attached hydrogens (tertiary/aromatic N) is 1. The molecule has 1 aliphatic heterocycles. The molecule has 1 fully saturated rings. The van der Waals surface area contributed by atoms with E-state index in [4.69, 9.17) is 28.1 Å². The van der Waals surface area contributed by atoms with Crippen LogP contribution in [0.2, 0.25) is 0 Å². The molecule has 1 aliphatic rings. The summed E-state index contributed by atoms with van der Waals surface area (Å²) < 4.78 is 34.6. The van der Waals surface area contributed by atoms with Gasteiger partial charge in [-0.25, -0.2) is 19.2 Å². The Kier molecular flexibility index (Phi) is 13.7. The number of amides is 1. The summed E-state index contributed by atoms with van der Waals surface area (Å²) >= 11 is 0.595. The molecule has 1 aromatic heterocycles. The maximum absolute atomic E-state index is 12.6. The second kappa shape index (κ2) is 16.7. The van der Waals surface area contributed by atoms with E-state index in [0.717, 1.165) is 26.1 Å². The molecule has 1 amide bonds. The van der Waals surface area contributed by atoms with E-state index in [2.05, 4.69) is 14.6 Å². The molecule has 2 rings (SSSR count). The van der Waals surface area contributed by atoms with Crippen LogP contribution >= 0.6 is 11.8 Å². The zero-order chi connectivity index (χ0) is 27.9. The number of carbonyl (C=O) groups excluding carboxylic acids is 4. The van der Waals surface area contributed by atoms with Crippen LogP contribution in [-0.2, 0) is 39.9 Å². The highest BCUT2D eigenvalue weighted by atomic mass is 32.2. The Labute approximate surface area is 223 Å². The predicted molar refractivity (Wildman–Crippen MR) is 131 cm³/mol. The number of unbranched alkanes of at least 4 members (excludes halogenated alkanes) is 1. The van der Waals surface area contributed by atoms with Crippen LogP contribution in [0, 0.1) is 12.8 Å². The van der Waals surface area contributed by atoms with Gasteiger partial charge in [-0.15, -0.1) is 0 Å². The lowest BCUT2D eigenvalue weighted by Crippen LogP contribution is -2.44. The molecule has 0 aromatic carbocycles. The number of rotatable bonds is 14. The molecule has 0 radical (unpaired) electrons. The predicted octanol–water partition coefficient (Wildman–Crippen LogP) is 1.82. The minimum absolute atomic E-state index is 0.0506. The topological polar surface area (TPSA) is 173 Å². The first-order valence-corrected chi connectivity index (χ1v) is 13.1. The molecule has 38 heavy (non-hydrogen) atoms. The molecule has 0 bridgehead atoms. The average molecular weight is 563 g/mol. The fraction of sp³-hybridized carbons (Fsp3) is 0.696. The molecule has 0 saturated carbocycles. The third-order valence-electron chi connectivity index (χ3n) is 5.18. The lowest BCUT2D eigenvalue weighted by atomic mass is 10.2. The minimum atomic E-state index is -1.26. The van der Waals surface area contributed by atoms with E-state index >= 15 is 0 Å². The third-order valence-corrected chi connectivity index (χ3v) is 6.03.